The van der Waals surface area contributed by atoms with Gasteiger partial charge in [0.05, 0.1) is 11.4 Å². The molecule has 1 saturated heterocycles. The minimum absolute atomic E-state index is 0.00261. The monoisotopic (exact) mass is 441 g/mol. The fourth-order valence-corrected chi connectivity index (χ4v) is 4.42. The first-order valence-electron chi connectivity index (χ1n) is 11.1. The molecule has 0 radical (unpaired) electrons. The van der Waals surface area contributed by atoms with Gasteiger partial charge in [-0.25, -0.2) is 19.0 Å². The molecule has 0 bridgehead atoms. The van der Waals surface area contributed by atoms with E-state index in [0.29, 0.717) is 24.5 Å². The molecule has 5 rings (SSSR count). The Balaban J connectivity index is 1.42. The van der Waals surface area contributed by atoms with E-state index in [0.717, 1.165) is 35.3 Å². The lowest BCUT2D eigenvalue weighted by atomic mass is 9.89. The van der Waals surface area contributed by atoms with Crippen LogP contribution in [0.3, 0.4) is 0 Å². The summed E-state index contributed by atoms with van der Waals surface area (Å²) in [5, 5.41) is 4.26. The number of hydrogen-bond donors (Lipinski definition) is 0. The molecule has 1 amide bonds. The fourth-order valence-electron chi connectivity index (χ4n) is 4.42. The Morgan fingerprint density at radius 1 is 1.12 bits per heavy atom. The molecule has 2 aromatic heterocycles. The lowest BCUT2D eigenvalue weighted by molar-refractivity contribution is 0.0706. The molecule has 2 aromatic carbocycles. The molecular formula is C26H24FN5O. The zero-order chi connectivity index (χ0) is 22.8. The van der Waals surface area contributed by atoms with Crippen molar-refractivity contribution < 1.29 is 9.18 Å². The number of hydrogen-bond acceptors (Lipinski definition) is 4. The van der Waals surface area contributed by atoms with E-state index >= 15 is 0 Å². The van der Waals surface area contributed by atoms with Gasteiger partial charge in [0.25, 0.3) is 5.91 Å². The van der Waals surface area contributed by atoms with Gasteiger partial charge in [0.2, 0.25) is 0 Å². The predicted octanol–water partition coefficient (Wildman–Crippen LogP) is 4.80. The molecular weight excluding hydrogens is 417 g/mol. The Hall–Kier alpha value is -3.87. The Labute approximate surface area is 191 Å². The van der Waals surface area contributed by atoms with Crippen molar-refractivity contribution in [1.82, 2.24) is 24.6 Å². The van der Waals surface area contributed by atoms with Crippen LogP contribution in [0.4, 0.5) is 4.39 Å². The molecule has 166 valence electrons. The second kappa shape index (κ2) is 8.94. The van der Waals surface area contributed by atoms with Gasteiger partial charge in [-0.1, -0.05) is 18.2 Å². The SMILES string of the molecule is Cc1ncc(-c2ccc(F)cc2)c([C@@H]2CCCN(C(=O)c3cccc(-n4cccn4)c3)C2)n1. The molecule has 0 aliphatic carbocycles. The zero-order valence-electron chi connectivity index (χ0n) is 18.4. The number of amides is 1. The minimum atomic E-state index is -0.278. The third-order valence-corrected chi connectivity index (χ3v) is 6.05. The average Bonchev–Trinajstić information content (AvgIpc) is 3.40. The Morgan fingerprint density at radius 3 is 2.76 bits per heavy atom. The predicted molar refractivity (Wildman–Crippen MR) is 124 cm³/mol. The smallest absolute Gasteiger partial charge is 0.253 e. The van der Waals surface area contributed by atoms with Gasteiger partial charge in [0, 0.05) is 48.7 Å². The molecule has 1 aliphatic heterocycles. The van der Waals surface area contributed by atoms with Gasteiger partial charge in [0.1, 0.15) is 11.6 Å². The summed E-state index contributed by atoms with van der Waals surface area (Å²) in [5.41, 5.74) is 4.17. The summed E-state index contributed by atoms with van der Waals surface area (Å²) in [5.74, 6) is 0.493. The second-order valence-corrected chi connectivity index (χ2v) is 8.31. The molecule has 0 unspecified atom stereocenters. The van der Waals surface area contributed by atoms with E-state index in [1.54, 1.807) is 29.2 Å². The topological polar surface area (TPSA) is 63.9 Å². The second-order valence-electron chi connectivity index (χ2n) is 8.31. The number of aryl methyl sites for hydroxylation is 1. The standard InChI is InChI=1S/C26H24FN5O/c1-18-28-16-24(19-8-10-22(27)11-9-19)25(30-18)21-6-3-13-31(17-21)26(33)20-5-2-7-23(15-20)32-14-4-12-29-32/h2,4-5,7-12,14-16,21H,3,6,13,17H2,1H3/t21-/m1/s1. The number of likely N-dealkylation sites (tertiary alicyclic amines) is 1. The third kappa shape index (κ3) is 4.39. The highest BCUT2D eigenvalue weighted by Crippen LogP contribution is 2.33. The number of benzene rings is 2. The number of nitrogens with zero attached hydrogens (tertiary/aromatic N) is 5. The van der Waals surface area contributed by atoms with Crippen LogP contribution in [0.5, 0.6) is 0 Å². The Morgan fingerprint density at radius 2 is 1.97 bits per heavy atom. The first kappa shape index (κ1) is 21.0. The summed E-state index contributed by atoms with van der Waals surface area (Å²) in [6.45, 7) is 3.15. The maximum atomic E-state index is 13.5. The summed E-state index contributed by atoms with van der Waals surface area (Å²) >= 11 is 0. The van der Waals surface area contributed by atoms with E-state index in [9.17, 15) is 9.18 Å². The van der Waals surface area contributed by atoms with Crippen LogP contribution in [0.25, 0.3) is 16.8 Å². The van der Waals surface area contributed by atoms with E-state index in [4.69, 9.17) is 4.98 Å². The summed E-state index contributed by atoms with van der Waals surface area (Å²) in [6.07, 6.45) is 7.20. The molecule has 0 spiro atoms. The molecule has 1 fully saturated rings. The minimum Gasteiger partial charge on any atom is -0.338 e. The summed E-state index contributed by atoms with van der Waals surface area (Å²) < 4.78 is 15.2. The van der Waals surface area contributed by atoms with Crippen LogP contribution in [0, 0.1) is 12.7 Å². The van der Waals surface area contributed by atoms with Gasteiger partial charge in [-0.3, -0.25) is 4.79 Å². The van der Waals surface area contributed by atoms with Gasteiger partial charge >= 0.3 is 0 Å². The molecule has 7 heteroatoms. The van der Waals surface area contributed by atoms with Crippen molar-refractivity contribution in [2.75, 3.05) is 13.1 Å². The number of carbonyl (C=O) groups is 1. The van der Waals surface area contributed by atoms with Gasteiger partial charge in [-0.05, 0) is 61.7 Å². The fraction of sp³-hybridized carbons (Fsp3) is 0.231. The summed E-state index contributed by atoms with van der Waals surface area (Å²) in [6, 6.07) is 15.8. The van der Waals surface area contributed by atoms with Crippen LogP contribution in [-0.2, 0) is 0 Å². The normalized spacial score (nSPS) is 16.1. The molecule has 4 aromatic rings. The van der Waals surface area contributed by atoms with Crippen molar-refractivity contribution in [2.45, 2.75) is 25.7 Å². The van der Waals surface area contributed by atoms with Crippen molar-refractivity contribution in [3.63, 3.8) is 0 Å². The van der Waals surface area contributed by atoms with Crippen molar-refractivity contribution in [3.8, 4) is 16.8 Å². The molecule has 0 N–H and O–H groups in total. The van der Waals surface area contributed by atoms with Crippen molar-refractivity contribution in [1.29, 1.82) is 0 Å². The number of aromatic nitrogens is 4. The van der Waals surface area contributed by atoms with Gasteiger partial charge in [-0.15, -0.1) is 0 Å². The maximum absolute atomic E-state index is 13.5. The Bertz CT molecular complexity index is 1270. The van der Waals surface area contributed by atoms with Crippen LogP contribution in [-0.4, -0.2) is 43.6 Å². The van der Waals surface area contributed by atoms with Crippen LogP contribution < -0.4 is 0 Å². The van der Waals surface area contributed by atoms with Gasteiger partial charge < -0.3 is 4.90 Å². The number of carbonyl (C=O) groups excluding carboxylic acids is 1. The van der Waals surface area contributed by atoms with E-state index in [2.05, 4.69) is 10.1 Å². The maximum Gasteiger partial charge on any atom is 0.253 e. The first-order chi connectivity index (χ1) is 16.1. The van der Waals surface area contributed by atoms with Gasteiger partial charge in [0.15, 0.2) is 0 Å². The number of halogens is 1. The van der Waals surface area contributed by atoms with E-state index in [-0.39, 0.29) is 17.6 Å². The molecule has 3 heterocycles. The van der Waals surface area contributed by atoms with E-state index < -0.39 is 0 Å². The van der Waals surface area contributed by atoms with Gasteiger partial charge in [-0.2, -0.15) is 5.10 Å². The molecule has 1 atom stereocenters. The highest BCUT2D eigenvalue weighted by molar-refractivity contribution is 5.95. The summed E-state index contributed by atoms with van der Waals surface area (Å²) in [7, 11) is 0. The highest BCUT2D eigenvalue weighted by Gasteiger charge is 2.28. The molecule has 33 heavy (non-hydrogen) atoms. The van der Waals surface area contributed by atoms with Crippen LogP contribution >= 0.6 is 0 Å². The van der Waals surface area contributed by atoms with Crippen LogP contribution in [0.2, 0.25) is 0 Å². The number of rotatable bonds is 4. The lowest BCUT2D eigenvalue weighted by Gasteiger charge is -2.33. The zero-order valence-corrected chi connectivity index (χ0v) is 18.4. The molecule has 0 saturated carbocycles. The molecule has 1 aliphatic rings. The quantitative estimate of drug-likeness (QED) is 0.457. The first-order valence-corrected chi connectivity index (χ1v) is 11.1. The average molecular weight is 442 g/mol. The van der Waals surface area contributed by atoms with Crippen LogP contribution in [0.1, 0.15) is 40.6 Å². The molecule has 6 nitrogen and oxygen atoms in total. The highest BCUT2D eigenvalue weighted by atomic mass is 19.1. The van der Waals surface area contributed by atoms with E-state index in [1.807, 2.05) is 48.4 Å². The van der Waals surface area contributed by atoms with Crippen molar-refractivity contribution >= 4 is 5.91 Å². The lowest BCUT2D eigenvalue weighted by Crippen LogP contribution is -2.39. The number of piperidine rings is 1. The Kier molecular flexibility index (Phi) is 5.69. The van der Waals surface area contributed by atoms with Crippen molar-refractivity contribution in [2.24, 2.45) is 0 Å². The van der Waals surface area contributed by atoms with Crippen LogP contribution in [0.15, 0.2) is 73.2 Å². The largest absolute Gasteiger partial charge is 0.338 e. The third-order valence-electron chi connectivity index (χ3n) is 6.05. The van der Waals surface area contributed by atoms with Crippen molar-refractivity contribution in [3.05, 3.63) is 96.1 Å². The van der Waals surface area contributed by atoms with E-state index in [1.165, 1.54) is 12.1 Å². The summed E-state index contributed by atoms with van der Waals surface area (Å²) in [4.78, 5) is 24.4.